The molecule has 1 aliphatic carbocycles. The lowest BCUT2D eigenvalue weighted by Crippen LogP contribution is -1.92. The van der Waals surface area contributed by atoms with Gasteiger partial charge in [-0.3, -0.25) is 4.79 Å². The molecule has 0 fully saturated rings. The van der Waals surface area contributed by atoms with Crippen LogP contribution in [0, 0.1) is 0 Å². The van der Waals surface area contributed by atoms with Gasteiger partial charge in [0, 0.05) is 6.42 Å². The van der Waals surface area contributed by atoms with E-state index in [-0.39, 0.29) is 0 Å². The molecule has 0 atom stereocenters. The molecular weight excluding hydrogens is 220 g/mol. The normalized spacial score (nSPS) is 21.7. The number of carbonyl (C=O) groups is 1. The Hall–Kier alpha value is -0.850. The second-order valence-corrected chi connectivity index (χ2v) is 5.28. The number of rotatable bonds is 0. The second kappa shape index (κ2) is 11.3. The Morgan fingerprint density at radius 3 is 1.83 bits per heavy atom. The maximum absolute atomic E-state index is 11.5. The van der Waals surface area contributed by atoms with Gasteiger partial charge in [-0.15, -0.1) is 0 Å². The first-order valence-electron chi connectivity index (χ1n) is 7.74. The fourth-order valence-corrected chi connectivity index (χ4v) is 2.33. The maximum Gasteiger partial charge on any atom is 0.155 e. The highest BCUT2D eigenvalue weighted by atomic mass is 16.1. The van der Waals surface area contributed by atoms with Crippen molar-refractivity contribution in [2.24, 2.45) is 0 Å². The number of hydrogen-bond donors (Lipinski definition) is 0. The van der Waals surface area contributed by atoms with Crippen LogP contribution in [0.25, 0.3) is 0 Å². The van der Waals surface area contributed by atoms with Gasteiger partial charge in [0.05, 0.1) is 0 Å². The molecule has 0 aromatic carbocycles. The van der Waals surface area contributed by atoms with Gasteiger partial charge in [-0.1, -0.05) is 43.9 Å². The molecule has 0 spiro atoms. The number of ketones is 1. The van der Waals surface area contributed by atoms with E-state index in [1.165, 1.54) is 57.8 Å². The van der Waals surface area contributed by atoms with Gasteiger partial charge in [-0.25, -0.2) is 0 Å². The molecule has 0 amide bonds. The van der Waals surface area contributed by atoms with Crippen molar-refractivity contribution in [2.45, 2.75) is 77.0 Å². The molecular formula is C17H28O. The SMILES string of the molecule is O=C1C=CCCCCCC=CCCCCCCC1. The quantitative estimate of drug-likeness (QED) is 0.527. The smallest absolute Gasteiger partial charge is 0.155 e. The highest BCUT2D eigenvalue weighted by molar-refractivity contribution is 5.89. The molecule has 0 N–H and O–H groups in total. The lowest BCUT2D eigenvalue weighted by atomic mass is 10.1. The summed E-state index contributed by atoms with van der Waals surface area (Å²) >= 11 is 0. The second-order valence-electron chi connectivity index (χ2n) is 5.28. The van der Waals surface area contributed by atoms with E-state index in [4.69, 9.17) is 0 Å². The van der Waals surface area contributed by atoms with E-state index < -0.39 is 0 Å². The van der Waals surface area contributed by atoms with E-state index >= 15 is 0 Å². The average molecular weight is 248 g/mol. The highest BCUT2D eigenvalue weighted by Crippen LogP contribution is 2.10. The Kier molecular flexibility index (Phi) is 9.51. The van der Waals surface area contributed by atoms with Crippen molar-refractivity contribution in [3.63, 3.8) is 0 Å². The molecule has 0 saturated carbocycles. The van der Waals surface area contributed by atoms with Crippen molar-refractivity contribution in [1.29, 1.82) is 0 Å². The molecule has 1 heteroatoms. The van der Waals surface area contributed by atoms with Gasteiger partial charge >= 0.3 is 0 Å². The largest absolute Gasteiger partial charge is 0.295 e. The Morgan fingerprint density at radius 1 is 0.611 bits per heavy atom. The van der Waals surface area contributed by atoms with Crippen LogP contribution in [0.15, 0.2) is 24.3 Å². The van der Waals surface area contributed by atoms with Gasteiger partial charge < -0.3 is 0 Å². The first kappa shape index (κ1) is 15.2. The van der Waals surface area contributed by atoms with Crippen molar-refractivity contribution in [3.05, 3.63) is 24.3 Å². The number of hydrogen-bond acceptors (Lipinski definition) is 1. The van der Waals surface area contributed by atoms with Crippen LogP contribution in [0.2, 0.25) is 0 Å². The van der Waals surface area contributed by atoms with E-state index in [2.05, 4.69) is 18.2 Å². The van der Waals surface area contributed by atoms with Gasteiger partial charge in [-0.2, -0.15) is 0 Å². The Morgan fingerprint density at radius 2 is 1.11 bits per heavy atom. The summed E-state index contributed by atoms with van der Waals surface area (Å²) in [6.07, 6.45) is 22.8. The van der Waals surface area contributed by atoms with Gasteiger partial charge in [0.15, 0.2) is 5.78 Å². The molecule has 1 nitrogen and oxygen atoms in total. The van der Waals surface area contributed by atoms with Gasteiger partial charge in [-0.05, 0) is 51.0 Å². The van der Waals surface area contributed by atoms with Crippen LogP contribution < -0.4 is 0 Å². The van der Waals surface area contributed by atoms with E-state index in [9.17, 15) is 4.79 Å². The zero-order valence-electron chi connectivity index (χ0n) is 11.7. The monoisotopic (exact) mass is 248 g/mol. The lowest BCUT2D eigenvalue weighted by Gasteiger charge is -1.98. The van der Waals surface area contributed by atoms with Gasteiger partial charge in [0.25, 0.3) is 0 Å². The molecule has 18 heavy (non-hydrogen) atoms. The summed E-state index contributed by atoms with van der Waals surface area (Å²) in [6.45, 7) is 0. The first-order chi connectivity index (χ1) is 8.89. The van der Waals surface area contributed by atoms with Crippen molar-refractivity contribution in [2.75, 3.05) is 0 Å². The summed E-state index contributed by atoms with van der Waals surface area (Å²) in [4.78, 5) is 11.5. The summed E-state index contributed by atoms with van der Waals surface area (Å²) in [7, 11) is 0. The van der Waals surface area contributed by atoms with Crippen molar-refractivity contribution in [1.82, 2.24) is 0 Å². The van der Waals surface area contributed by atoms with Crippen LogP contribution in [0.1, 0.15) is 77.0 Å². The summed E-state index contributed by atoms with van der Waals surface area (Å²) < 4.78 is 0. The van der Waals surface area contributed by atoms with E-state index in [1.807, 2.05) is 0 Å². The minimum atomic E-state index is 0.320. The minimum absolute atomic E-state index is 0.320. The fourth-order valence-electron chi connectivity index (χ4n) is 2.33. The molecule has 102 valence electrons. The molecule has 0 aromatic rings. The number of allylic oxidation sites excluding steroid dienone is 4. The Bertz CT molecular complexity index is 263. The minimum Gasteiger partial charge on any atom is -0.295 e. The standard InChI is InChI=1S/C17H28O/c18-17-15-13-11-9-7-5-3-1-2-4-6-8-10-12-14-16-17/h1-2,13,15H,3-12,14,16H2. The molecule has 0 aliphatic heterocycles. The Balaban J connectivity index is 2.24. The molecule has 0 saturated heterocycles. The molecule has 0 unspecified atom stereocenters. The zero-order chi connectivity index (χ0) is 12.9. The zero-order valence-corrected chi connectivity index (χ0v) is 11.7. The fraction of sp³-hybridized carbons (Fsp3) is 0.706. The molecule has 0 bridgehead atoms. The van der Waals surface area contributed by atoms with Crippen LogP contribution in [0.4, 0.5) is 0 Å². The summed E-state index contributed by atoms with van der Waals surface area (Å²) in [5.41, 5.74) is 0. The highest BCUT2D eigenvalue weighted by Gasteiger charge is 1.97. The molecule has 0 heterocycles. The molecule has 1 aliphatic rings. The van der Waals surface area contributed by atoms with Crippen LogP contribution in [0.5, 0.6) is 0 Å². The average Bonchev–Trinajstić information content (AvgIpc) is 2.37. The van der Waals surface area contributed by atoms with Crippen molar-refractivity contribution >= 4 is 5.78 Å². The third-order valence-electron chi connectivity index (χ3n) is 3.51. The van der Waals surface area contributed by atoms with Crippen LogP contribution in [-0.2, 0) is 4.79 Å². The summed E-state index contributed by atoms with van der Waals surface area (Å²) in [5, 5.41) is 0. The third kappa shape index (κ3) is 9.21. The maximum atomic E-state index is 11.5. The van der Waals surface area contributed by atoms with Crippen molar-refractivity contribution in [3.8, 4) is 0 Å². The summed E-state index contributed by atoms with van der Waals surface area (Å²) in [5.74, 6) is 0.320. The van der Waals surface area contributed by atoms with E-state index in [1.54, 1.807) is 6.08 Å². The van der Waals surface area contributed by atoms with E-state index in [0.717, 1.165) is 19.3 Å². The molecule has 0 aromatic heterocycles. The van der Waals surface area contributed by atoms with Crippen LogP contribution >= 0.6 is 0 Å². The Labute approximate surface area is 112 Å². The molecule has 0 radical (unpaired) electrons. The third-order valence-corrected chi connectivity index (χ3v) is 3.51. The van der Waals surface area contributed by atoms with Gasteiger partial charge in [0.1, 0.15) is 0 Å². The molecule has 1 rings (SSSR count). The van der Waals surface area contributed by atoms with Crippen LogP contribution in [0.3, 0.4) is 0 Å². The van der Waals surface area contributed by atoms with Crippen LogP contribution in [-0.4, -0.2) is 5.78 Å². The first-order valence-corrected chi connectivity index (χ1v) is 7.74. The topological polar surface area (TPSA) is 17.1 Å². The summed E-state index contributed by atoms with van der Waals surface area (Å²) in [6, 6.07) is 0. The number of carbonyl (C=O) groups excluding carboxylic acids is 1. The predicted molar refractivity (Wildman–Crippen MR) is 78.7 cm³/mol. The van der Waals surface area contributed by atoms with E-state index in [0.29, 0.717) is 5.78 Å². The van der Waals surface area contributed by atoms with Crippen molar-refractivity contribution < 1.29 is 4.79 Å². The van der Waals surface area contributed by atoms with Gasteiger partial charge in [0.2, 0.25) is 0 Å². The predicted octanol–water partition coefficient (Wildman–Crippen LogP) is 5.36. The lowest BCUT2D eigenvalue weighted by molar-refractivity contribution is -0.114.